The number of aromatic nitrogens is 2. The molecular formula is C12H21N5O. The number of nitrogens with zero attached hydrogens (tertiary/aromatic N) is 2. The SMILES string of the molecule is Cc1[nH]nc(N)c1C(=O)NCC1CCCCN1C. The Morgan fingerprint density at radius 1 is 1.61 bits per heavy atom. The van der Waals surface area contributed by atoms with Gasteiger partial charge < -0.3 is 16.0 Å². The molecular weight excluding hydrogens is 230 g/mol. The molecule has 0 aliphatic carbocycles. The first kappa shape index (κ1) is 12.9. The van der Waals surface area contributed by atoms with E-state index in [-0.39, 0.29) is 11.7 Å². The summed E-state index contributed by atoms with van der Waals surface area (Å²) in [5, 5.41) is 9.49. The van der Waals surface area contributed by atoms with Gasteiger partial charge in [0.15, 0.2) is 5.82 Å². The van der Waals surface area contributed by atoms with Crippen molar-refractivity contribution in [1.82, 2.24) is 20.4 Å². The number of H-pyrrole nitrogens is 1. The van der Waals surface area contributed by atoms with Crippen LogP contribution in [-0.4, -0.2) is 47.2 Å². The Balaban J connectivity index is 1.92. The van der Waals surface area contributed by atoms with Gasteiger partial charge in [0.05, 0.1) is 0 Å². The van der Waals surface area contributed by atoms with Crippen molar-refractivity contribution in [2.24, 2.45) is 0 Å². The molecule has 0 aromatic carbocycles. The van der Waals surface area contributed by atoms with E-state index in [1.807, 2.05) is 0 Å². The average molecular weight is 251 g/mol. The van der Waals surface area contributed by atoms with Gasteiger partial charge in [-0.1, -0.05) is 6.42 Å². The van der Waals surface area contributed by atoms with Crippen molar-refractivity contribution in [2.75, 3.05) is 25.9 Å². The van der Waals surface area contributed by atoms with Gasteiger partial charge in [0.25, 0.3) is 5.91 Å². The number of aromatic amines is 1. The molecule has 1 aliphatic heterocycles. The zero-order valence-corrected chi connectivity index (χ0v) is 11.0. The van der Waals surface area contributed by atoms with Crippen molar-refractivity contribution in [2.45, 2.75) is 32.2 Å². The minimum Gasteiger partial charge on any atom is -0.382 e. The summed E-state index contributed by atoms with van der Waals surface area (Å²) in [7, 11) is 2.10. The zero-order valence-electron chi connectivity index (χ0n) is 11.0. The molecule has 6 heteroatoms. The summed E-state index contributed by atoms with van der Waals surface area (Å²) < 4.78 is 0. The van der Waals surface area contributed by atoms with Crippen molar-refractivity contribution in [3.8, 4) is 0 Å². The predicted molar refractivity (Wildman–Crippen MR) is 70.3 cm³/mol. The minimum atomic E-state index is -0.141. The Morgan fingerprint density at radius 2 is 2.39 bits per heavy atom. The van der Waals surface area contributed by atoms with Crippen LogP contribution in [0.1, 0.15) is 35.3 Å². The second-order valence-corrected chi connectivity index (χ2v) is 4.95. The lowest BCUT2D eigenvalue weighted by Gasteiger charge is -2.32. The van der Waals surface area contributed by atoms with E-state index >= 15 is 0 Å². The molecule has 1 aliphatic rings. The predicted octanol–water partition coefficient (Wildman–Crippen LogP) is 0.514. The lowest BCUT2D eigenvalue weighted by molar-refractivity contribution is 0.0929. The highest BCUT2D eigenvalue weighted by Crippen LogP contribution is 2.15. The van der Waals surface area contributed by atoms with Crippen LogP contribution in [0.2, 0.25) is 0 Å². The number of amides is 1. The maximum Gasteiger partial charge on any atom is 0.256 e. The average Bonchev–Trinajstić information content (AvgIpc) is 2.68. The highest BCUT2D eigenvalue weighted by atomic mass is 16.1. The quantitative estimate of drug-likeness (QED) is 0.730. The standard InChI is InChI=1S/C12H21N5O/c1-8-10(11(13)16-15-8)12(18)14-7-9-5-3-4-6-17(9)2/h9H,3-7H2,1-2H3,(H,14,18)(H3,13,15,16). The van der Waals surface area contributed by atoms with E-state index in [1.165, 1.54) is 12.8 Å². The van der Waals surface area contributed by atoms with E-state index in [0.29, 0.717) is 23.8 Å². The minimum absolute atomic E-state index is 0.141. The van der Waals surface area contributed by atoms with Crippen molar-refractivity contribution < 1.29 is 4.79 Å². The first-order valence-electron chi connectivity index (χ1n) is 6.38. The third kappa shape index (κ3) is 2.64. The number of rotatable bonds is 3. The fourth-order valence-electron chi connectivity index (χ4n) is 2.44. The molecule has 18 heavy (non-hydrogen) atoms. The van der Waals surface area contributed by atoms with Gasteiger partial charge in [-0.25, -0.2) is 0 Å². The molecule has 0 bridgehead atoms. The van der Waals surface area contributed by atoms with E-state index in [2.05, 4.69) is 27.5 Å². The summed E-state index contributed by atoms with van der Waals surface area (Å²) in [6, 6.07) is 0.427. The molecule has 1 amide bonds. The van der Waals surface area contributed by atoms with E-state index in [0.717, 1.165) is 13.0 Å². The van der Waals surface area contributed by atoms with Gasteiger partial charge in [-0.3, -0.25) is 9.89 Å². The molecule has 0 spiro atoms. The van der Waals surface area contributed by atoms with Gasteiger partial charge in [0, 0.05) is 18.3 Å². The molecule has 2 heterocycles. The monoisotopic (exact) mass is 251 g/mol. The van der Waals surface area contributed by atoms with Crippen LogP contribution in [-0.2, 0) is 0 Å². The first-order valence-corrected chi connectivity index (χ1v) is 6.38. The highest BCUT2D eigenvalue weighted by molar-refractivity contribution is 5.99. The molecule has 1 unspecified atom stereocenters. The van der Waals surface area contributed by atoms with Crippen LogP contribution in [0.5, 0.6) is 0 Å². The summed E-state index contributed by atoms with van der Waals surface area (Å²) >= 11 is 0. The molecule has 1 fully saturated rings. The topological polar surface area (TPSA) is 87.0 Å². The van der Waals surface area contributed by atoms with Crippen LogP contribution in [0.25, 0.3) is 0 Å². The van der Waals surface area contributed by atoms with Gasteiger partial charge in [-0.15, -0.1) is 0 Å². The first-order chi connectivity index (χ1) is 8.59. The Kier molecular flexibility index (Phi) is 3.86. The third-order valence-corrected chi connectivity index (χ3v) is 3.62. The molecule has 2 rings (SSSR count). The molecule has 100 valence electrons. The normalized spacial score (nSPS) is 20.9. The summed E-state index contributed by atoms with van der Waals surface area (Å²) in [5.74, 6) is 0.125. The number of anilines is 1. The number of hydrogen-bond acceptors (Lipinski definition) is 4. The number of carbonyl (C=O) groups is 1. The summed E-state index contributed by atoms with van der Waals surface area (Å²) in [6.07, 6.45) is 3.61. The van der Waals surface area contributed by atoms with Gasteiger partial charge >= 0.3 is 0 Å². The third-order valence-electron chi connectivity index (χ3n) is 3.62. The fourth-order valence-corrected chi connectivity index (χ4v) is 2.44. The molecule has 4 N–H and O–H groups in total. The maximum atomic E-state index is 12.0. The van der Waals surface area contributed by atoms with Crippen molar-refractivity contribution in [3.05, 3.63) is 11.3 Å². The number of hydrogen-bond donors (Lipinski definition) is 3. The molecule has 1 atom stereocenters. The largest absolute Gasteiger partial charge is 0.382 e. The smallest absolute Gasteiger partial charge is 0.256 e. The van der Waals surface area contributed by atoms with Gasteiger partial charge in [-0.05, 0) is 33.4 Å². The second-order valence-electron chi connectivity index (χ2n) is 4.95. The van der Waals surface area contributed by atoms with Crippen LogP contribution in [0.4, 0.5) is 5.82 Å². The van der Waals surface area contributed by atoms with Gasteiger partial charge in [-0.2, -0.15) is 5.10 Å². The van der Waals surface area contributed by atoms with Crippen LogP contribution in [0, 0.1) is 6.92 Å². The van der Waals surface area contributed by atoms with E-state index in [9.17, 15) is 4.79 Å². The molecule has 0 saturated carbocycles. The van der Waals surface area contributed by atoms with Gasteiger partial charge in [0.1, 0.15) is 5.56 Å². The summed E-state index contributed by atoms with van der Waals surface area (Å²) in [4.78, 5) is 14.3. The number of aryl methyl sites for hydroxylation is 1. The number of likely N-dealkylation sites (tertiary alicyclic amines) is 1. The summed E-state index contributed by atoms with van der Waals surface area (Å²) in [6.45, 7) is 3.57. The lowest BCUT2D eigenvalue weighted by Crippen LogP contribution is -2.44. The molecule has 6 nitrogen and oxygen atoms in total. The van der Waals surface area contributed by atoms with Gasteiger partial charge in [0.2, 0.25) is 0 Å². The molecule has 1 saturated heterocycles. The summed E-state index contributed by atoms with van der Waals surface area (Å²) in [5.41, 5.74) is 6.84. The van der Waals surface area contributed by atoms with Crippen LogP contribution >= 0.6 is 0 Å². The van der Waals surface area contributed by atoms with E-state index in [4.69, 9.17) is 5.73 Å². The van der Waals surface area contributed by atoms with E-state index in [1.54, 1.807) is 6.92 Å². The molecule has 0 radical (unpaired) electrons. The Bertz CT molecular complexity index is 409. The Morgan fingerprint density at radius 3 is 3.00 bits per heavy atom. The highest BCUT2D eigenvalue weighted by Gasteiger charge is 2.21. The van der Waals surface area contributed by atoms with Crippen LogP contribution in [0.3, 0.4) is 0 Å². The van der Waals surface area contributed by atoms with E-state index < -0.39 is 0 Å². The zero-order chi connectivity index (χ0) is 13.1. The van der Waals surface area contributed by atoms with Crippen molar-refractivity contribution in [3.63, 3.8) is 0 Å². The lowest BCUT2D eigenvalue weighted by atomic mass is 10.0. The number of piperidine rings is 1. The number of nitrogens with one attached hydrogen (secondary N) is 2. The van der Waals surface area contributed by atoms with Crippen LogP contribution in [0.15, 0.2) is 0 Å². The van der Waals surface area contributed by atoms with Crippen molar-refractivity contribution >= 4 is 11.7 Å². The van der Waals surface area contributed by atoms with Crippen LogP contribution < -0.4 is 11.1 Å². The number of nitrogen functional groups attached to an aromatic ring is 1. The number of nitrogens with two attached hydrogens (primary N) is 1. The second kappa shape index (κ2) is 5.39. The Hall–Kier alpha value is -1.56. The Labute approximate surface area is 107 Å². The number of likely N-dealkylation sites (N-methyl/N-ethyl adjacent to an activating group) is 1. The van der Waals surface area contributed by atoms with Crippen molar-refractivity contribution in [1.29, 1.82) is 0 Å². The molecule has 1 aromatic heterocycles. The molecule has 1 aromatic rings. The maximum absolute atomic E-state index is 12.0. The fraction of sp³-hybridized carbons (Fsp3) is 0.667. The number of carbonyl (C=O) groups excluding carboxylic acids is 1.